The highest BCUT2D eigenvalue weighted by molar-refractivity contribution is 6.10. The second-order valence-electron chi connectivity index (χ2n) is 11.7. The monoisotopic (exact) mass is 562 g/mol. The number of nitrogens with zero attached hydrogens (tertiary/aromatic N) is 4. The lowest BCUT2D eigenvalue weighted by molar-refractivity contribution is -0.170. The number of alkyl halides is 2. The van der Waals surface area contributed by atoms with E-state index in [1.807, 2.05) is 56.3 Å². The Morgan fingerprint density at radius 2 is 1.68 bits per heavy atom. The molecule has 1 N–H and O–H groups in total. The van der Waals surface area contributed by atoms with Gasteiger partial charge in [0, 0.05) is 29.4 Å². The molecular formula is C32H33F3N4O2. The van der Waals surface area contributed by atoms with Crippen molar-refractivity contribution in [3.63, 3.8) is 0 Å². The number of carbonyl (C=O) groups excluding carboxylic acids is 1. The molecule has 0 saturated heterocycles. The molecule has 1 aromatic heterocycles. The number of fused-ring (bicyclic) bond motifs is 2. The molecule has 1 amide bonds. The molecule has 2 heterocycles. The van der Waals surface area contributed by atoms with Gasteiger partial charge in [-0.05, 0) is 77.4 Å². The van der Waals surface area contributed by atoms with Crippen LogP contribution in [0.3, 0.4) is 0 Å². The minimum absolute atomic E-state index is 0.0103. The van der Waals surface area contributed by atoms with Gasteiger partial charge in [0.2, 0.25) is 5.91 Å². The van der Waals surface area contributed by atoms with Gasteiger partial charge in [-0.15, -0.1) is 0 Å². The molecule has 0 aliphatic carbocycles. The lowest BCUT2D eigenvalue weighted by Gasteiger charge is -2.34. The van der Waals surface area contributed by atoms with E-state index in [4.69, 9.17) is 4.98 Å². The first kappa shape index (κ1) is 28.5. The van der Waals surface area contributed by atoms with Gasteiger partial charge >= 0.3 is 5.92 Å². The van der Waals surface area contributed by atoms with E-state index in [1.54, 1.807) is 30.7 Å². The Morgan fingerprint density at radius 3 is 2.32 bits per heavy atom. The van der Waals surface area contributed by atoms with E-state index in [2.05, 4.69) is 4.98 Å². The summed E-state index contributed by atoms with van der Waals surface area (Å²) < 4.78 is 46.4. The molecule has 1 aliphatic rings. The summed E-state index contributed by atoms with van der Waals surface area (Å²) in [6, 6.07) is 16.0. The second-order valence-corrected chi connectivity index (χ2v) is 11.7. The number of anilines is 3. The van der Waals surface area contributed by atoms with Crippen molar-refractivity contribution in [2.45, 2.75) is 64.5 Å². The van der Waals surface area contributed by atoms with Crippen molar-refractivity contribution in [2.24, 2.45) is 0 Å². The third kappa shape index (κ3) is 4.43. The molecule has 0 fully saturated rings. The van der Waals surface area contributed by atoms with Gasteiger partial charge in [-0.25, -0.2) is 14.4 Å². The third-order valence-electron chi connectivity index (χ3n) is 8.01. The van der Waals surface area contributed by atoms with Gasteiger partial charge in [0.15, 0.2) is 0 Å². The number of carbonyl (C=O) groups is 1. The Bertz CT molecular complexity index is 1670. The van der Waals surface area contributed by atoms with Crippen molar-refractivity contribution in [3.05, 3.63) is 89.0 Å². The molecule has 214 valence electrons. The minimum atomic E-state index is -3.84. The molecule has 0 spiro atoms. The SMILES string of the molecule is Cc1nc(N(c2ccccc2)[C@H](C)c2cccc(C(F)(F)C(C)(C)O)c2F)c2cc3c(cc2n1)N(C)C(=O)C3(C)C. The summed E-state index contributed by atoms with van der Waals surface area (Å²) in [5.74, 6) is -4.08. The molecule has 9 heteroatoms. The Labute approximate surface area is 237 Å². The predicted molar refractivity (Wildman–Crippen MR) is 154 cm³/mol. The maximum Gasteiger partial charge on any atom is 0.303 e. The molecule has 0 radical (unpaired) electrons. The largest absolute Gasteiger partial charge is 0.384 e. The number of aliphatic hydroxyl groups is 1. The number of para-hydroxylation sites is 1. The number of likely N-dealkylation sites (N-methyl/N-ethyl adjacent to an activating group) is 1. The molecule has 3 aromatic carbocycles. The standard InChI is InChI=1S/C32H33F3N4O2/c1-18(21-14-11-15-23(27(21)33)32(34,35)31(5,6)41)39(20-12-9-8-10-13-20)28-22-16-24-26(17-25(22)36-19(2)37-28)38(7)29(40)30(24,3)4/h8-18,41H,1-7H3/t18-/m1/s1. The van der Waals surface area contributed by atoms with Gasteiger partial charge in [-0.2, -0.15) is 8.78 Å². The number of amides is 1. The minimum Gasteiger partial charge on any atom is -0.384 e. The van der Waals surface area contributed by atoms with Crippen LogP contribution in [-0.2, 0) is 16.1 Å². The second kappa shape index (κ2) is 9.55. The molecule has 0 unspecified atom stereocenters. The van der Waals surface area contributed by atoms with Gasteiger partial charge in [-0.3, -0.25) is 4.79 Å². The fraction of sp³-hybridized carbons (Fsp3) is 0.344. The van der Waals surface area contributed by atoms with Crippen LogP contribution in [-0.4, -0.2) is 33.6 Å². The van der Waals surface area contributed by atoms with Crippen LogP contribution >= 0.6 is 0 Å². The zero-order valence-corrected chi connectivity index (χ0v) is 24.1. The summed E-state index contributed by atoms with van der Waals surface area (Å²) in [5, 5.41) is 10.8. The van der Waals surface area contributed by atoms with Crippen LogP contribution in [0.1, 0.15) is 63.2 Å². The summed E-state index contributed by atoms with van der Waals surface area (Å²) in [6.07, 6.45) is 0. The van der Waals surface area contributed by atoms with Crippen molar-refractivity contribution >= 4 is 34.0 Å². The summed E-state index contributed by atoms with van der Waals surface area (Å²) in [6.45, 7) is 9.09. The normalized spacial score (nSPS) is 15.8. The summed E-state index contributed by atoms with van der Waals surface area (Å²) in [5.41, 5.74) is -1.32. The van der Waals surface area contributed by atoms with Crippen LogP contribution in [0.25, 0.3) is 10.9 Å². The first-order valence-corrected chi connectivity index (χ1v) is 13.4. The van der Waals surface area contributed by atoms with Crippen LogP contribution < -0.4 is 9.80 Å². The average Bonchev–Trinajstić information content (AvgIpc) is 3.07. The Kier molecular flexibility index (Phi) is 6.65. The van der Waals surface area contributed by atoms with E-state index in [0.717, 1.165) is 31.2 Å². The highest BCUT2D eigenvalue weighted by Gasteiger charge is 2.49. The lowest BCUT2D eigenvalue weighted by Crippen LogP contribution is -2.41. The highest BCUT2D eigenvalue weighted by Crippen LogP contribution is 2.47. The van der Waals surface area contributed by atoms with E-state index >= 15 is 13.2 Å². The predicted octanol–water partition coefficient (Wildman–Crippen LogP) is 7.09. The van der Waals surface area contributed by atoms with E-state index in [1.165, 1.54) is 12.1 Å². The molecule has 5 rings (SSSR count). The maximum atomic E-state index is 16.0. The lowest BCUT2D eigenvalue weighted by atomic mass is 9.85. The quantitative estimate of drug-likeness (QED) is 0.272. The van der Waals surface area contributed by atoms with Crippen LogP contribution in [0.15, 0.2) is 60.7 Å². The molecular weight excluding hydrogens is 529 g/mol. The van der Waals surface area contributed by atoms with E-state index in [0.29, 0.717) is 28.2 Å². The van der Waals surface area contributed by atoms with Crippen molar-refractivity contribution in [3.8, 4) is 0 Å². The van der Waals surface area contributed by atoms with Crippen molar-refractivity contribution in [1.82, 2.24) is 9.97 Å². The van der Waals surface area contributed by atoms with Gasteiger partial charge in [0.25, 0.3) is 0 Å². The maximum absolute atomic E-state index is 16.0. The van der Waals surface area contributed by atoms with Crippen LogP contribution in [0.2, 0.25) is 0 Å². The van der Waals surface area contributed by atoms with E-state index < -0.39 is 34.4 Å². The van der Waals surface area contributed by atoms with E-state index in [-0.39, 0.29) is 11.5 Å². The highest BCUT2D eigenvalue weighted by atomic mass is 19.3. The zero-order chi connectivity index (χ0) is 30.1. The van der Waals surface area contributed by atoms with Crippen molar-refractivity contribution in [1.29, 1.82) is 0 Å². The van der Waals surface area contributed by atoms with Gasteiger partial charge < -0.3 is 14.9 Å². The Balaban J connectivity index is 1.77. The first-order valence-electron chi connectivity index (χ1n) is 13.4. The molecule has 0 bridgehead atoms. The number of halogens is 3. The van der Waals surface area contributed by atoms with Gasteiger partial charge in [0.05, 0.1) is 22.5 Å². The number of hydrogen-bond donors (Lipinski definition) is 1. The molecule has 6 nitrogen and oxygen atoms in total. The number of rotatable bonds is 6. The van der Waals surface area contributed by atoms with Gasteiger partial charge in [-0.1, -0.05) is 30.3 Å². The third-order valence-corrected chi connectivity index (χ3v) is 8.01. The van der Waals surface area contributed by atoms with E-state index in [9.17, 15) is 9.90 Å². The fourth-order valence-electron chi connectivity index (χ4n) is 5.57. The van der Waals surface area contributed by atoms with Gasteiger partial charge in [0.1, 0.15) is 23.1 Å². The molecule has 41 heavy (non-hydrogen) atoms. The number of aromatic nitrogens is 2. The number of benzene rings is 3. The smallest absolute Gasteiger partial charge is 0.303 e. The van der Waals surface area contributed by atoms with Crippen LogP contribution in [0, 0.1) is 12.7 Å². The topological polar surface area (TPSA) is 69.6 Å². The summed E-state index contributed by atoms with van der Waals surface area (Å²) in [4.78, 5) is 25.9. The Hall–Kier alpha value is -3.98. The van der Waals surface area contributed by atoms with Crippen LogP contribution in [0.4, 0.5) is 30.4 Å². The number of hydrogen-bond acceptors (Lipinski definition) is 5. The molecule has 4 aromatic rings. The number of aryl methyl sites for hydroxylation is 1. The Morgan fingerprint density at radius 1 is 1.02 bits per heavy atom. The summed E-state index contributed by atoms with van der Waals surface area (Å²) in [7, 11) is 1.73. The molecule has 1 atom stereocenters. The zero-order valence-electron chi connectivity index (χ0n) is 24.1. The van der Waals surface area contributed by atoms with Crippen molar-refractivity contribution in [2.75, 3.05) is 16.8 Å². The van der Waals surface area contributed by atoms with Crippen LogP contribution in [0.5, 0.6) is 0 Å². The molecule has 1 aliphatic heterocycles. The molecule has 0 saturated carbocycles. The first-order chi connectivity index (χ1) is 19.1. The fourth-order valence-corrected chi connectivity index (χ4v) is 5.57. The average molecular weight is 563 g/mol. The summed E-state index contributed by atoms with van der Waals surface area (Å²) >= 11 is 0. The van der Waals surface area contributed by atoms with Crippen molar-refractivity contribution < 1.29 is 23.1 Å².